The number of hydrogen-bond donors (Lipinski definition) is 2. The van der Waals surface area contributed by atoms with Crippen LogP contribution in [0.4, 0.5) is 24.7 Å². The molecule has 2 N–H and O–H groups in total. The molecule has 0 aliphatic heterocycles. The van der Waals surface area contributed by atoms with Gasteiger partial charge in [0.15, 0.2) is 0 Å². The first-order valence-corrected chi connectivity index (χ1v) is 6.92. The summed E-state index contributed by atoms with van der Waals surface area (Å²) < 4.78 is 37.5. The van der Waals surface area contributed by atoms with Gasteiger partial charge in [-0.2, -0.15) is 28.8 Å². The van der Waals surface area contributed by atoms with Crippen molar-refractivity contribution in [3.8, 4) is 12.1 Å². The maximum absolute atomic E-state index is 12.5. The Balaban J connectivity index is 2.03. The van der Waals surface area contributed by atoms with Crippen molar-refractivity contribution in [3.05, 3.63) is 53.7 Å². The van der Waals surface area contributed by atoms with Gasteiger partial charge in [-0.25, -0.2) is 4.98 Å². The van der Waals surface area contributed by atoms with Crippen LogP contribution in [0.15, 0.2) is 47.7 Å². The van der Waals surface area contributed by atoms with Gasteiger partial charge < -0.3 is 5.32 Å². The highest BCUT2D eigenvalue weighted by Gasteiger charge is 2.30. The van der Waals surface area contributed by atoms with E-state index in [2.05, 4.69) is 20.8 Å². The molecule has 0 atom stereocenters. The van der Waals surface area contributed by atoms with E-state index in [1.54, 1.807) is 12.1 Å². The third-order valence-corrected chi connectivity index (χ3v) is 2.99. The van der Waals surface area contributed by atoms with Crippen molar-refractivity contribution in [2.45, 2.75) is 6.18 Å². The average molecular weight is 358 g/mol. The number of pyridine rings is 1. The molecule has 0 unspecified atom stereocenters. The van der Waals surface area contributed by atoms with Gasteiger partial charge in [-0.05, 0) is 36.4 Å². The number of nitrogens with zero attached hydrogens (tertiary/aromatic N) is 4. The molecule has 1 aromatic heterocycles. The number of rotatable bonds is 4. The van der Waals surface area contributed by atoms with E-state index in [4.69, 9.17) is 10.5 Å². The highest BCUT2D eigenvalue weighted by Crippen LogP contribution is 2.29. The molecule has 0 saturated carbocycles. The summed E-state index contributed by atoms with van der Waals surface area (Å²) in [6.07, 6.45) is -3.18. The summed E-state index contributed by atoms with van der Waals surface area (Å²) in [5.74, 6) is -0.466. The van der Waals surface area contributed by atoms with E-state index in [1.807, 2.05) is 0 Å². The van der Waals surface area contributed by atoms with E-state index in [1.165, 1.54) is 18.3 Å². The lowest BCUT2D eigenvalue weighted by Gasteiger charge is -2.08. The molecule has 0 radical (unpaired) electrons. The molecule has 0 aliphatic rings. The molecule has 10 heteroatoms. The number of halogens is 3. The Hall–Kier alpha value is -3.92. The smallest absolute Gasteiger partial charge is 0.307 e. The molecule has 1 aromatic carbocycles. The SMILES string of the molecule is N#CC(C#N)=NNc1ccc(NC(=O)c2ccc(C(F)(F)F)cc2)nc1. The Kier molecular flexibility index (Phi) is 5.50. The monoisotopic (exact) mass is 358 g/mol. The topological polar surface area (TPSA) is 114 Å². The summed E-state index contributed by atoms with van der Waals surface area (Å²) in [7, 11) is 0. The molecule has 0 spiro atoms. The van der Waals surface area contributed by atoms with Gasteiger partial charge >= 0.3 is 6.18 Å². The van der Waals surface area contributed by atoms with Gasteiger partial charge in [-0.15, -0.1) is 0 Å². The van der Waals surface area contributed by atoms with Crippen LogP contribution in [0.5, 0.6) is 0 Å². The summed E-state index contributed by atoms with van der Waals surface area (Å²) in [5, 5.41) is 23.1. The zero-order valence-corrected chi connectivity index (χ0v) is 12.9. The minimum atomic E-state index is -4.47. The molecule has 0 bridgehead atoms. The minimum absolute atomic E-state index is 0.0410. The fourth-order valence-electron chi connectivity index (χ4n) is 1.73. The molecule has 1 heterocycles. The van der Waals surface area contributed by atoms with E-state index in [0.717, 1.165) is 24.3 Å². The third kappa shape index (κ3) is 4.79. The summed E-state index contributed by atoms with van der Waals surface area (Å²) in [4.78, 5) is 15.9. The van der Waals surface area contributed by atoms with Crippen LogP contribution in [0.25, 0.3) is 0 Å². The first-order valence-electron chi connectivity index (χ1n) is 6.92. The van der Waals surface area contributed by atoms with Crippen LogP contribution < -0.4 is 10.7 Å². The number of carbonyl (C=O) groups excluding carboxylic acids is 1. The Labute approximate surface area is 145 Å². The lowest BCUT2D eigenvalue weighted by molar-refractivity contribution is -0.137. The first-order chi connectivity index (χ1) is 12.3. The largest absolute Gasteiger partial charge is 0.416 e. The van der Waals surface area contributed by atoms with Crippen LogP contribution >= 0.6 is 0 Å². The molecule has 1 amide bonds. The highest BCUT2D eigenvalue weighted by atomic mass is 19.4. The summed E-state index contributed by atoms with van der Waals surface area (Å²) in [6.45, 7) is 0. The second kappa shape index (κ2) is 7.77. The number of anilines is 2. The third-order valence-electron chi connectivity index (χ3n) is 2.99. The zero-order chi connectivity index (χ0) is 19.2. The Morgan fingerprint density at radius 2 is 1.73 bits per heavy atom. The molecule has 0 aliphatic carbocycles. The molecule has 130 valence electrons. The normalized spacial score (nSPS) is 10.2. The molecule has 0 saturated heterocycles. The number of carbonyl (C=O) groups is 1. The van der Waals surface area contributed by atoms with Crippen LogP contribution in [-0.2, 0) is 6.18 Å². The van der Waals surface area contributed by atoms with Crippen molar-refractivity contribution in [1.29, 1.82) is 10.5 Å². The van der Waals surface area contributed by atoms with E-state index >= 15 is 0 Å². The zero-order valence-electron chi connectivity index (χ0n) is 12.9. The number of hydrazone groups is 1. The average Bonchev–Trinajstić information content (AvgIpc) is 2.63. The number of amides is 1. The molecule has 2 aromatic rings. The van der Waals surface area contributed by atoms with Crippen molar-refractivity contribution in [2.24, 2.45) is 5.10 Å². The van der Waals surface area contributed by atoms with Crippen LogP contribution in [0.1, 0.15) is 15.9 Å². The fraction of sp³-hybridized carbons (Fsp3) is 0.0625. The number of nitrogens with one attached hydrogen (secondary N) is 2. The second-order valence-electron chi connectivity index (χ2n) is 4.76. The van der Waals surface area contributed by atoms with Crippen molar-refractivity contribution in [2.75, 3.05) is 10.7 Å². The summed E-state index contributed by atoms with van der Waals surface area (Å²) in [5.41, 5.74) is 1.62. The van der Waals surface area contributed by atoms with Crippen molar-refractivity contribution in [3.63, 3.8) is 0 Å². The van der Waals surface area contributed by atoms with Crippen molar-refractivity contribution >= 4 is 23.1 Å². The van der Waals surface area contributed by atoms with Crippen molar-refractivity contribution < 1.29 is 18.0 Å². The number of nitriles is 2. The van der Waals surface area contributed by atoms with Crippen LogP contribution in [0.3, 0.4) is 0 Å². The second-order valence-corrected chi connectivity index (χ2v) is 4.76. The van der Waals surface area contributed by atoms with Crippen LogP contribution in [-0.4, -0.2) is 16.6 Å². The minimum Gasteiger partial charge on any atom is -0.307 e. The Morgan fingerprint density at radius 3 is 2.23 bits per heavy atom. The number of hydrogen-bond acceptors (Lipinski definition) is 6. The van der Waals surface area contributed by atoms with Crippen LogP contribution in [0.2, 0.25) is 0 Å². The lowest BCUT2D eigenvalue weighted by atomic mass is 10.1. The Morgan fingerprint density at radius 1 is 1.08 bits per heavy atom. The summed E-state index contributed by atoms with van der Waals surface area (Å²) in [6, 6.07) is 9.79. The molecule has 2 rings (SSSR count). The van der Waals surface area contributed by atoms with Gasteiger partial charge in [-0.3, -0.25) is 10.2 Å². The molecule has 0 fully saturated rings. The van der Waals surface area contributed by atoms with Gasteiger partial charge in [0.2, 0.25) is 5.71 Å². The molecular formula is C16H9F3N6O. The van der Waals surface area contributed by atoms with E-state index in [9.17, 15) is 18.0 Å². The molecule has 26 heavy (non-hydrogen) atoms. The fourth-order valence-corrected chi connectivity index (χ4v) is 1.73. The summed E-state index contributed by atoms with van der Waals surface area (Å²) >= 11 is 0. The van der Waals surface area contributed by atoms with Gasteiger partial charge in [-0.1, -0.05) is 0 Å². The van der Waals surface area contributed by atoms with Crippen LogP contribution in [0, 0.1) is 22.7 Å². The number of aromatic nitrogens is 1. The molecule has 7 nitrogen and oxygen atoms in total. The Bertz CT molecular complexity index is 889. The standard InChI is InChI=1S/C16H9F3N6O/c17-16(18,19)11-3-1-10(2-4-11)15(26)23-14-6-5-12(9-22-14)24-25-13(7-20)8-21/h1-6,9,24H,(H,22,23,26). The van der Waals surface area contributed by atoms with Gasteiger partial charge in [0.1, 0.15) is 18.0 Å². The number of alkyl halides is 3. The molecular weight excluding hydrogens is 349 g/mol. The predicted octanol–water partition coefficient (Wildman–Crippen LogP) is 3.17. The van der Waals surface area contributed by atoms with Crippen molar-refractivity contribution in [1.82, 2.24) is 4.98 Å². The highest BCUT2D eigenvalue weighted by molar-refractivity contribution is 6.10. The first kappa shape index (κ1) is 18.4. The van der Waals surface area contributed by atoms with Gasteiger partial charge in [0.25, 0.3) is 5.91 Å². The quantitative estimate of drug-likeness (QED) is 0.644. The van der Waals surface area contributed by atoms with E-state index in [0.29, 0.717) is 5.69 Å². The maximum atomic E-state index is 12.5. The maximum Gasteiger partial charge on any atom is 0.416 e. The predicted molar refractivity (Wildman–Crippen MR) is 85.9 cm³/mol. The van der Waals surface area contributed by atoms with Gasteiger partial charge in [0, 0.05) is 5.56 Å². The van der Waals surface area contributed by atoms with E-state index in [-0.39, 0.29) is 17.1 Å². The lowest BCUT2D eigenvalue weighted by Crippen LogP contribution is -2.13. The van der Waals surface area contributed by atoms with E-state index < -0.39 is 17.6 Å². The number of benzene rings is 1. The van der Waals surface area contributed by atoms with Gasteiger partial charge in [0.05, 0.1) is 17.4 Å².